The molecule has 1 unspecified atom stereocenters. The third-order valence-corrected chi connectivity index (χ3v) is 5.06. The van der Waals surface area contributed by atoms with Crippen LogP contribution in [0.1, 0.15) is 26.2 Å². The van der Waals surface area contributed by atoms with E-state index in [4.69, 9.17) is 5.11 Å². The monoisotopic (exact) mass is 367 g/mol. The van der Waals surface area contributed by atoms with Crippen molar-refractivity contribution in [2.45, 2.75) is 37.1 Å². The molecule has 0 amide bonds. The van der Waals surface area contributed by atoms with Crippen LogP contribution in [0.25, 0.3) is 0 Å². The van der Waals surface area contributed by atoms with Crippen molar-refractivity contribution in [3.05, 3.63) is 28.5 Å². The van der Waals surface area contributed by atoms with Crippen molar-refractivity contribution >= 4 is 31.9 Å². The molecular weight excluding hydrogens is 353 g/mol. The van der Waals surface area contributed by atoms with Crippen molar-refractivity contribution in [3.63, 3.8) is 0 Å². The van der Waals surface area contributed by atoms with Crippen LogP contribution in [-0.4, -0.2) is 25.5 Å². The second kappa shape index (κ2) is 7.14. The maximum atomic E-state index is 13.0. The Morgan fingerprint density at radius 1 is 1.50 bits per heavy atom. The fourth-order valence-corrected chi connectivity index (χ4v) is 4.06. The summed E-state index contributed by atoms with van der Waals surface area (Å²) in [4.78, 5) is 10.6. The summed E-state index contributed by atoms with van der Waals surface area (Å²) in [6.07, 6.45) is 0.751. The molecule has 0 heterocycles. The predicted octanol–water partition coefficient (Wildman–Crippen LogP) is 2.51. The number of sulfonamides is 1. The van der Waals surface area contributed by atoms with Crippen molar-refractivity contribution < 1.29 is 22.7 Å². The van der Waals surface area contributed by atoms with Crippen molar-refractivity contribution in [1.29, 1.82) is 0 Å². The molecule has 8 heteroatoms. The first kappa shape index (κ1) is 17.1. The Labute approximate surface area is 125 Å². The van der Waals surface area contributed by atoms with E-state index in [2.05, 4.69) is 20.7 Å². The first-order chi connectivity index (χ1) is 9.26. The number of nitrogens with one attached hydrogen (secondary N) is 1. The molecule has 5 nitrogen and oxygen atoms in total. The number of benzene rings is 1. The minimum Gasteiger partial charge on any atom is -0.481 e. The summed E-state index contributed by atoms with van der Waals surface area (Å²) in [5, 5.41) is 8.78. The molecule has 0 aliphatic rings. The van der Waals surface area contributed by atoms with E-state index < -0.39 is 27.9 Å². The summed E-state index contributed by atoms with van der Waals surface area (Å²) < 4.78 is 39.8. The van der Waals surface area contributed by atoms with E-state index in [1.165, 1.54) is 0 Å². The Balaban J connectivity index is 2.99. The van der Waals surface area contributed by atoms with Crippen LogP contribution in [0, 0.1) is 5.82 Å². The van der Waals surface area contributed by atoms with Gasteiger partial charge in [-0.1, -0.05) is 13.3 Å². The van der Waals surface area contributed by atoms with Gasteiger partial charge in [0, 0.05) is 10.5 Å². The van der Waals surface area contributed by atoms with E-state index in [0.717, 1.165) is 18.2 Å². The molecule has 2 N–H and O–H groups in total. The van der Waals surface area contributed by atoms with Gasteiger partial charge in [0.25, 0.3) is 0 Å². The molecule has 20 heavy (non-hydrogen) atoms. The van der Waals surface area contributed by atoms with Gasteiger partial charge in [-0.25, -0.2) is 17.5 Å². The molecule has 0 aliphatic carbocycles. The third kappa shape index (κ3) is 4.84. The quantitative estimate of drug-likeness (QED) is 0.775. The highest BCUT2D eigenvalue weighted by Crippen LogP contribution is 2.23. The Morgan fingerprint density at radius 2 is 2.15 bits per heavy atom. The third-order valence-electron chi connectivity index (χ3n) is 2.56. The van der Waals surface area contributed by atoms with Crippen molar-refractivity contribution in [2.75, 3.05) is 0 Å². The van der Waals surface area contributed by atoms with Crippen LogP contribution in [0.3, 0.4) is 0 Å². The highest BCUT2D eigenvalue weighted by molar-refractivity contribution is 9.10. The number of carboxylic acids is 1. The number of aliphatic carboxylic acids is 1. The largest absolute Gasteiger partial charge is 0.481 e. The SMILES string of the molecule is CCCC(CC(=O)O)NS(=O)(=O)c1ccc(F)cc1Br. The lowest BCUT2D eigenvalue weighted by Gasteiger charge is -2.17. The molecule has 0 aromatic heterocycles. The van der Waals surface area contributed by atoms with E-state index in [1.807, 2.05) is 6.92 Å². The minimum atomic E-state index is -3.90. The summed E-state index contributed by atoms with van der Waals surface area (Å²) in [5.74, 6) is -1.64. The molecule has 112 valence electrons. The first-order valence-corrected chi connectivity index (χ1v) is 8.23. The molecule has 0 fully saturated rings. The number of carbonyl (C=O) groups is 1. The van der Waals surface area contributed by atoms with Gasteiger partial charge in [0.15, 0.2) is 0 Å². The highest BCUT2D eigenvalue weighted by Gasteiger charge is 2.23. The topological polar surface area (TPSA) is 83.5 Å². The van der Waals surface area contributed by atoms with Crippen LogP contribution in [0.15, 0.2) is 27.6 Å². The average molecular weight is 368 g/mol. The van der Waals surface area contributed by atoms with Gasteiger partial charge in [0.1, 0.15) is 5.82 Å². The van der Waals surface area contributed by atoms with Crippen LogP contribution < -0.4 is 4.72 Å². The van der Waals surface area contributed by atoms with Crippen LogP contribution in [-0.2, 0) is 14.8 Å². The number of hydrogen-bond acceptors (Lipinski definition) is 3. The van der Waals surface area contributed by atoms with Gasteiger partial charge in [-0.2, -0.15) is 0 Å². The van der Waals surface area contributed by atoms with Gasteiger partial charge in [0.05, 0.1) is 11.3 Å². The summed E-state index contributed by atoms with van der Waals surface area (Å²) in [6.45, 7) is 1.83. The zero-order valence-corrected chi connectivity index (χ0v) is 13.2. The van der Waals surface area contributed by atoms with Crippen molar-refractivity contribution in [1.82, 2.24) is 4.72 Å². The Morgan fingerprint density at radius 3 is 2.65 bits per heavy atom. The van der Waals surface area contributed by atoms with E-state index in [9.17, 15) is 17.6 Å². The molecule has 0 bridgehead atoms. The second-order valence-corrected chi connectivity index (χ2v) is 6.82. The van der Waals surface area contributed by atoms with Crippen molar-refractivity contribution in [2.24, 2.45) is 0 Å². The molecule has 0 saturated heterocycles. The Bertz CT molecular complexity index is 591. The summed E-state index contributed by atoms with van der Waals surface area (Å²) >= 11 is 2.99. The molecule has 1 aromatic carbocycles. The fraction of sp³-hybridized carbons (Fsp3) is 0.417. The predicted molar refractivity (Wildman–Crippen MR) is 75.4 cm³/mol. The van der Waals surface area contributed by atoms with E-state index >= 15 is 0 Å². The minimum absolute atomic E-state index is 0.0931. The maximum absolute atomic E-state index is 13.0. The summed E-state index contributed by atoms with van der Waals surface area (Å²) in [6, 6.07) is 2.51. The lowest BCUT2D eigenvalue weighted by molar-refractivity contribution is -0.137. The van der Waals surface area contributed by atoms with Gasteiger partial charge in [-0.3, -0.25) is 4.79 Å². The maximum Gasteiger partial charge on any atom is 0.304 e. The number of hydrogen-bond donors (Lipinski definition) is 2. The lowest BCUT2D eigenvalue weighted by atomic mass is 10.1. The first-order valence-electron chi connectivity index (χ1n) is 5.95. The van der Waals surface area contributed by atoms with Crippen molar-refractivity contribution in [3.8, 4) is 0 Å². The van der Waals surface area contributed by atoms with E-state index in [-0.39, 0.29) is 15.8 Å². The smallest absolute Gasteiger partial charge is 0.304 e. The molecule has 1 atom stereocenters. The molecule has 1 aromatic rings. The second-order valence-electron chi connectivity index (χ2n) is 4.28. The molecular formula is C12H15BrFNO4S. The number of halogens is 2. The normalized spacial score (nSPS) is 13.2. The van der Waals surface area contributed by atoms with Gasteiger partial charge in [-0.05, 0) is 40.5 Å². The lowest BCUT2D eigenvalue weighted by Crippen LogP contribution is -2.36. The Kier molecular flexibility index (Phi) is 6.09. The summed E-state index contributed by atoms with van der Waals surface area (Å²) in [7, 11) is -3.90. The number of carboxylic acid groups (broad SMARTS) is 1. The van der Waals surface area contributed by atoms with Gasteiger partial charge >= 0.3 is 5.97 Å². The fourth-order valence-electron chi connectivity index (χ4n) is 1.74. The zero-order chi connectivity index (χ0) is 15.3. The molecule has 0 radical (unpaired) electrons. The average Bonchev–Trinajstić information content (AvgIpc) is 2.26. The molecule has 0 aliphatic heterocycles. The standard InChI is InChI=1S/C12H15BrFNO4S/c1-2-3-9(7-12(16)17)15-20(18,19)11-5-4-8(14)6-10(11)13/h4-6,9,15H,2-3,7H2,1H3,(H,16,17). The molecule has 0 saturated carbocycles. The van der Waals surface area contributed by atoms with Gasteiger partial charge < -0.3 is 5.11 Å². The van der Waals surface area contributed by atoms with E-state index in [1.54, 1.807) is 0 Å². The van der Waals surface area contributed by atoms with E-state index in [0.29, 0.717) is 12.8 Å². The summed E-state index contributed by atoms with van der Waals surface area (Å²) in [5.41, 5.74) is 0. The van der Waals surface area contributed by atoms with Gasteiger partial charge in [0.2, 0.25) is 10.0 Å². The van der Waals surface area contributed by atoms with Crippen LogP contribution in [0.5, 0.6) is 0 Å². The molecule has 0 spiro atoms. The van der Waals surface area contributed by atoms with Crippen LogP contribution >= 0.6 is 15.9 Å². The van der Waals surface area contributed by atoms with Gasteiger partial charge in [-0.15, -0.1) is 0 Å². The van der Waals surface area contributed by atoms with Crippen LogP contribution in [0.2, 0.25) is 0 Å². The van der Waals surface area contributed by atoms with Crippen LogP contribution in [0.4, 0.5) is 4.39 Å². The Hall–Kier alpha value is -0.990. The zero-order valence-electron chi connectivity index (χ0n) is 10.8. The number of rotatable bonds is 7. The highest BCUT2D eigenvalue weighted by atomic mass is 79.9. The molecule has 1 rings (SSSR count).